The minimum atomic E-state index is -0.0418. The van der Waals surface area contributed by atoms with Crippen LogP contribution in [0.25, 0.3) is 0 Å². The Labute approximate surface area is 72.7 Å². The van der Waals surface area contributed by atoms with Crippen LogP contribution in [0.4, 0.5) is 0 Å². The lowest BCUT2D eigenvalue weighted by Gasteiger charge is -2.28. The largest absolute Gasteiger partial charge is 0.299 e. The molecule has 0 aromatic heterocycles. The molecule has 0 bridgehead atoms. The van der Waals surface area contributed by atoms with Gasteiger partial charge in [-0.05, 0) is 11.2 Å². The maximum absolute atomic E-state index is 11.5. The fourth-order valence-electron chi connectivity index (χ4n) is 1.68. The average Bonchev–Trinajstić information content (AvgIpc) is 1.82. The Kier molecular flexibility index (Phi) is 2.60. The first-order valence-electron chi connectivity index (χ1n) is 4.47. The Morgan fingerprint density at radius 2 is 2.00 bits per heavy atom. The highest BCUT2D eigenvalue weighted by molar-refractivity contribution is 5.84. The van der Waals surface area contributed by atoms with Crippen molar-refractivity contribution >= 4 is 5.78 Å². The molecule has 0 spiro atoms. The molecule has 1 rings (SSSR count). The van der Waals surface area contributed by atoms with E-state index in [-0.39, 0.29) is 23.7 Å². The first kappa shape index (κ1) is 9.36. The third-order valence-electron chi connectivity index (χ3n) is 2.64. The van der Waals surface area contributed by atoms with E-state index >= 15 is 0 Å². The standard InChI is InChI=1S/C9H16NO2/c1-6(2)9(11)7-4-5-8(7)10(3)12/h6-8H,4-5H2,1-3H3/q+1/t7-,8-/m1/s1. The SMILES string of the molecule is CC(C)C(=O)[C@@H]1CC[C@H]1[N+](C)=O. The highest BCUT2D eigenvalue weighted by Crippen LogP contribution is 2.32. The van der Waals surface area contributed by atoms with E-state index in [9.17, 15) is 9.70 Å². The molecule has 1 aliphatic rings. The van der Waals surface area contributed by atoms with Crippen LogP contribution < -0.4 is 0 Å². The van der Waals surface area contributed by atoms with Crippen LogP contribution in [0, 0.1) is 16.7 Å². The molecule has 0 aromatic carbocycles. The Morgan fingerprint density at radius 1 is 1.42 bits per heavy atom. The van der Waals surface area contributed by atoms with Gasteiger partial charge in [-0.3, -0.25) is 4.79 Å². The van der Waals surface area contributed by atoms with E-state index in [0.29, 0.717) is 0 Å². The molecule has 0 radical (unpaired) electrons. The lowest BCUT2D eigenvalue weighted by molar-refractivity contribution is -0.577. The van der Waals surface area contributed by atoms with Crippen LogP contribution in [0.1, 0.15) is 26.7 Å². The molecule has 0 aromatic rings. The molecule has 0 aliphatic heterocycles. The second kappa shape index (κ2) is 3.33. The van der Waals surface area contributed by atoms with Gasteiger partial charge in [0.15, 0.2) is 7.05 Å². The number of hydrogen-bond donors (Lipinski definition) is 0. The topological polar surface area (TPSA) is 37.1 Å². The number of Topliss-reactive ketones (excluding diaryl/α,β-unsaturated/α-hetero) is 1. The predicted octanol–water partition coefficient (Wildman–Crippen LogP) is 1.40. The average molecular weight is 170 g/mol. The number of ketones is 1. The summed E-state index contributed by atoms with van der Waals surface area (Å²) in [7, 11) is 1.50. The summed E-state index contributed by atoms with van der Waals surface area (Å²) in [6.07, 6.45) is 1.78. The van der Waals surface area contributed by atoms with Gasteiger partial charge >= 0.3 is 0 Å². The van der Waals surface area contributed by atoms with Crippen molar-refractivity contribution in [3.63, 3.8) is 0 Å². The lowest BCUT2D eigenvalue weighted by atomic mass is 9.74. The molecule has 0 heterocycles. The van der Waals surface area contributed by atoms with E-state index in [4.69, 9.17) is 0 Å². The van der Waals surface area contributed by atoms with Crippen molar-refractivity contribution in [2.75, 3.05) is 7.05 Å². The molecule has 0 N–H and O–H groups in total. The molecule has 3 nitrogen and oxygen atoms in total. The molecule has 1 fully saturated rings. The van der Waals surface area contributed by atoms with Crippen LogP contribution in [0.2, 0.25) is 0 Å². The van der Waals surface area contributed by atoms with E-state index in [2.05, 4.69) is 0 Å². The zero-order valence-corrected chi connectivity index (χ0v) is 7.91. The summed E-state index contributed by atoms with van der Waals surface area (Å²) in [4.78, 5) is 22.4. The van der Waals surface area contributed by atoms with Crippen molar-refractivity contribution in [3.05, 3.63) is 4.91 Å². The number of carbonyl (C=O) groups is 1. The smallest absolute Gasteiger partial charge is 0.210 e. The summed E-state index contributed by atoms with van der Waals surface area (Å²) in [6, 6.07) is -0.0418. The van der Waals surface area contributed by atoms with Crippen molar-refractivity contribution < 1.29 is 9.55 Å². The van der Waals surface area contributed by atoms with Crippen LogP contribution in [-0.2, 0) is 4.79 Å². The van der Waals surface area contributed by atoms with Gasteiger partial charge < -0.3 is 0 Å². The predicted molar refractivity (Wildman–Crippen MR) is 45.9 cm³/mol. The molecule has 0 amide bonds. The van der Waals surface area contributed by atoms with E-state index in [1.807, 2.05) is 13.8 Å². The van der Waals surface area contributed by atoms with Gasteiger partial charge in [0.25, 0.3) is 0 Å². The van der Waals surface area contributed by atoms with Crippen molar-refractivity contribution in [2.24, 2.45) is 11.8 Å². The van der Waals surface area contributed by atoms with Gasteiger partial charge in [-0.25, -0.2) is 0 Å². The van der Waals surface area contributed by atoms with Gasteiger partial charge in [-0.1, -0.05) is 13.8 Å². The highest BCUT2D eigenvalue weighted by Gasteiger charge is 2.45. The van der Waals surface area contributed by atoms with Gasteiger partial charge in [0.05, 0.1) is 5.92 Å². The Hall–Kier alpha value is -0.730. The molecule has 2 atom stereocenters. The van der Waals surface area contributed by atoms with Gasteiger partial charge in [-0.2, -0.15) is 0 Å². The maximum atomic E-state index is 11.5. The van der Waals surface area contributed by atoms with Crippen molar-refractivity contribution in [2.45, 2.75) is 32.7 Å². The molecule has 1 saturated carbocycles. The summed E-state index contributed by atoms with van der Waals surface area (Å²) in [5, 5.41) is 0. The minimum absolute atomic E-state index is 0.00694. The molecule has 0 saturated heterocycles. The second-order valence-corrected chi connectivity index (χ2v) is 3.85. The Balaban J connectivity index is 2.55. The zero-order chi connectivity index (χ0) is 9.30. The maximum Gasteiger partial charge on any atom is 0.210 e. The van der Waals surface area contributed by atoms with Crippen LogP contribution in [0.5, 0.6) is 0 Å². The fourth-order valence-corrected chi connectivity index (χ4v) is 1.68. The third kappa shape index (κ3) is 1.54. The molecule has 68 valence electrons. The normalized spacial score (nSPS) is 28.3. The highest BCUT2D eigenvalue weighted by atomic mass is 16.3. The van der Waals surface area contributed by atoms with E-state index in [1.54, 1.807) is 0 Å². The van der Waals surface area contributed by atoms with Gasteiger partial charge in [0, 0.05) is 17.2 Å². The third-order valence-corrected chi connectivity index (χ3v) is 2.64. The first-order valence-corrected chi connectivity index (χ1v) is 4.47. The van der Waals surface area contributed by atoms with Crippen LogP contribution in [0.3, 0.4) is 0 Å². The monoisotopic (exact) mass is 170 g/mol. The van der Waals surface area contributed by atoms with Gasteiger partial charge in [0.1, 0.15) is 5.78 Å². The molecule has 1 aliphatic carbocycles. The molecular formula is C9H16NO2+. The van der Waals surface area contributed by atoms with E-state index < -0.39 is 0 Å². The van der Waals surface area contributed by atoms with Gasteiger partial charge in [-0.15, -0.1) is 0 Å². The summed E-state index contributed by atoms with van der Waals surface area (Å²) in [5.41, 5.74) is 0. The zero-order valence-electron chi connectivity index (χ0n) is 7.91. The van der Waals surface area contributed by atoms with Gasteiger partial charge in [0.2, 0.25) is 6.04 Å². The van der Waals surface area contributed by atoms with Crippen LogP contribution in [-0.4, -0.2) is 23.6 Å². The molecule has 12 heavy (non-hydrogen) atoms. The minimum Gasteiger partial charge on any atom is -0.299 e. The molecule has 0 unspecified atom stereocenters. The Morgan fingerprint density at radius 3 is 2.25 bits per heavy atom. The number of nitroso groups, excluding NO2 is 1. The van der Waals surface area contributed by atoms with Crippen LogP contribution >= 0.6 is 0 Å². The summed E-state index contributed by atoms with van der Waals surface area (Å²) in [6.45, 7) is 3.78. The lowest BCUT2D eigenvalue weighted by Crippen LogP contribution is -2.44. The summed E-state index contributed by atoms with van der Waals surface area (Å²) in [5.74, 6) is 0.319. The number of hydrogen-bond acceptors (Lipinski definition) is 2. The van der Waals surface area contributed by atoms with E-state index in [1.165, 1.54) is 7.05 Å². The quantitative estimate of drug-likeness (QED) is 0.600. The summed E-state index contributed by atoms with van der Waals surface area (Å²) >= 11 is 0. The second-order valence-electron chi connectivity index (χ2n) is 3.85. The van der Waals surface area contributed by atoms with Crippen molar-refractivity contribution in [3.8, 4) is 0 Å². The molecule has 3 heteroatoms. The number of carbonyl (C=O) groups excluding carboxylic acids is 1. The number of nitrogens with zero attached hydrogens (tertiary/aromatic N) is 1. The van der Waals surface area contributed by atoms with Crippen molar-refractivity contribution in [1.29, 1.82) is 0 Å². The van der Waals surface area contributed by atoms with Crippen molar-refractivity contribution in [1.82, 2.24) is 0 Å². The number of rotatable bonds is 3. The Bertz CT molecular complexity index is 211. The molecular weight excluding hydrogens is 154 g/mol. The van der Waals surface area contributed by atoms with Crippen LogP contribution in [0.15, 0.2) is 0 Å². The first-order chi connectivity index (χ1) is 5.54. The van der Waals surface area contributed by atoms with E-state index in [0.717, 1.165) is 17.6 Å². The summed E-state index contributed by atoms with van der Waals surface area (Å²) < 4.78 is 0.925. The fraction of sp³-hybridized carbons (Fsp3) is 0.889.